The van der Waals surface area contributed by atoms with Gasteiger partial charge in [0.15, 0.2) is 0 Å². The number of carbonyl (C=O) groups excluding carboxylic acids is 1. The second-order valence-corrected chi connectivity index (χ2v) is 4.90. The van der Waals surface area contributed by atoms with Gasteiger partial charge >= 0.3 is 0 Å². The Hall–Kier alpha value is 0.0700. The lowest BCUT2D eigenvalue weighted by molar-refractivity contribution is -0.136. The Morgan fingerprint density at radius 1 is 1.57 bits per heavy atom. The maximum atomic E-state index is 11.8. The van der Waals surface area contributed by atoms with Crippen molar-refractivity contribution in [1.82, 2.24) is 10.2 Å². The Kier molecular flexibility index (Phi) is 4.54. The van der Waals surface area contributed by atoms with E-state index in [9.17, 15) is 4.79 Å². The van der Waals surface area contributed by atoms with Crippen LogP contribution in [0.3, 0.4) is 0 Å². The molecular weight excluding hydrogens is 220 g/mol. The molecule has 2 fully saturated rings. The van der Waals surface area contributed by atoms with Gasteiger partial charge in [0.05, 0.1) is 6.04 Å². The first kappa shape index (κ1) is 12.1. The number of hydrogen-bond donors (Lipinski definition) is 1. The molecule has 82 valence electrons. The van der Waals surface area contributed by atoms with Crippen LogP contribution >= 0.6 is 24.2 Å². The van der Waals surface area contributed by atoms with Crippen molar-refractivity contribution in [3.8, 4) is 0 Å². The maximum absolute atomic E-state index is 11.8. The Morgan fingerprint density at radius 2 is 2.29 bits per heavy atom. The van der Waals surface area contributed by atoms with Gasteiger partial charge < -0.3 is 10.2 Å². The van der Waals surface area contributed by atoms with E-state index in [0.29, 0.717) is 11.9 Å². The second-order valence-electron chi connectivity index (χ2n) is 3.75. The minimum Gasteiger partial charge on any atom is -0.337 e. The number of halogens is 1. The van der Waals surface area contributed by atoms with Crippen LogP contribution in [0.15, 0.2) is 0 Å². The zero-order chi connectivity index (χ0) is 9.26. The second kappa shape index (κ2) is 5.24. The third kappa shape index (κ3) is 2.35. The number of carbonyl (C=O) groups is 1. The summed E-state index contributed by atoms with van der Waals surface area (Å²) in [6, 6.07) is 0.555. The topological polar surface area (TPSA) is 32.3 Å². The van der Waals surface area contributed by atoms with Gasteiger partial charge in [-0.15, -0.1) is 12.4 Å². The van der Waals surface area contributed by atoms with E-state index < -0.39 is 0 Å². The van der Waals surface area contributed by atoms with Crippen LogP contribution in [0.2, 0.25) is 0 Å². The van der Waals surface area contributed by atoms with Gasteiger partial charge in [-0.2, -0.15) is 11.8 Å². The standard InChI is InChI=1S/C9H16N2OS.ClH/c1-7-6-13-5-4-11(7)9(12)8-2-3-10-8;/h7-8,10H,2-6H2,1H3;1H/t7?,8-;/m1./s1. The highest BCUT2D eigenvalue weighted by Crippen LogP contribution is 2.18. The lowest BCUT2D eigenvalue weighted by Crippen LogP contribution is -2.57. The van der Waals surface area contributed by atoms with E-state index in [4.69, 9.17) is 0 Å². The molecule has 1 N–H and O–H groups in total. The first-order valence-corrected chi connectivity index (χ1v) is 6.06. The number of nitrogens with zero attached hydrogens (tertiary/aromatic N) is 1. The van der Waals surface area contributed by atoms with Crippen LogP contribution in [0.25, 0.3) is 0 Å². The fourth-order valence-corrected chi connectivity index (χ4v) is 2.77. The molecule has 0 spiro atoms. The number of rotatable bonds is 1. The number of thioether (sulfide) groups is 1. The van der Waals surface area contributed by atoms with Crippen molar-refractivity contribution in [1.29, 1.82) is 0 Å². The fraction of sp³-hybridized carbons (Fsp3) is 0.889. The van der Waals surface area contributed by atoms with Crippen LogP contribution in [-0.4, -0.2) is 47.5 Å². The van der Waals surface area contributed by atoms with E-state index in [-0.39, 0.29) is 18.4 Å². The normalized spacial score (nSPS) is 31.6. The highest BCUT2D eigenvalue weighted by molar-refractivity contribution is 7.99. The summed E-state index contributed by atoms with van der Waals surface area (Å²) >= 11 is 1.95. The van der Waals surface area contributed by atoms with E-state index in [1.54, 1.807) is 0 Å². The SMILES string of the molecule is CC1CSCCN1C(=O)[C@H]1CCN1.Cl. The average molecular weight is 237 g/mol. The molecule has 1 amide bonds. The van der Waals surface area contributed by atoms with E-state index >= 15 is 0 Å². The molecule has 0 aromatic heterocycles. The van der Waals surface area contributed by atoms with Gasteiger partial charge in [-0.25, -0.2) is 0 Å². The molecule has 2 heterocycles. The van der Waals surface area contributed by atoms with Crippen molar-refractivity contribution in [3.63, 3.8) is 0 Å². The van der Waals surface area contributed by atoms with Gasteiger partial charge in [0.25, 0.3) is 0 Å². The minimum absolute atomic E-state index is 0. The molecule has 14 heavy (non-hydrogen) atoms. The van der Waals surface area contributed by atoms with Crippen LogP contribution in [0.1, 0.15) is 13.3 Å². The smallest absolute Gasteiger partial charge is 0.240 e. The molecule has 0 aromatic carbocycles. The summed E-state index contributed by atoms with van der Waals surface area (Å²) in [6.45, 7) is 4.08. The van der Waals surface area contributed by atoms with E-state index in [1.807, 2.05) is 16.7 Å². The molecule has 3 nitrogen and oxygen atoms in total. The van der Waals surface area contributed by atoms with Gasteiger partial charge in [-0.05, 0) is 19.9 Å². The van der Waals surface area contributed by atoms with E-state index in [1.165, 1.54) is 0 Å². The Labute approximate surface area is 95.4 Å². The van der Waals surface area contributed by atoms with Crippen molar-refractivity contribution < 1.29 is 4.79 Å². The molecule has 0 saturated carbocycles. The monoisotopic (exact) mass is 236 g/mol. The maximum Gasteiger partial charge on any atom is 0.240 e. The Morgan fingerprint density at radius 3 is 2.79 bits per heavy atom. The molecular formula is C9H17ClN2OS. The first-order chi connectivity index (χ1) is 6.29. The Balaban J connectivity index is 0.000000980. The number of hydrogen-bond acceptors (Lipinski definition) is 3. The number of nitrogens with one attached hydrogen (secondary N) is 1. The quantitative estimate of drug-likeness (QED) is 0.729. The van der Waals surface area contributed by atoms with Crippen molar-refractivity contribution >= 4 is 30.1 Å². The molecule has 2 rings (SSSR count). The summed E-state index contributed by atoms with van der Waals surface area (Å²) in [5.41, 5.74) is 0. The first-order valence-electron chi connectivity index (χ1n) is 4.90. The van der Waals surface area contributed by atoms with Crippen LogP contribution < -0.4 is 5.32 Å². The van der Waals surface area contributed by atoms with Gasteiger partial charge in [0.1, 0.15) is 0 Å². The number of amides is 1. The van der Waals surface area contributed by atoms with Gasteiger partial charge in [-0.3, -0.25) is 4.79 Å². The molecule has 2 atom stereocenters. The van der Waals surface area contributed by atoms with Gasteiger partial charge in [-0.1, -0.05) is 0 Å². The highest BCUT2D eigenvalue weighted by atomic mass is 35.5. The van der Waals surface area contributed by atoms with Gasteiger partial charge in [0, 0.05) is 24.1 Å². The summed E-state index contributed by atoms with van der Waals surface area (Å²) in [6.07, 6.45) is 1.02. The third-order valence-electron chi connectivity index (χ3n) is 2.77. The summed E-state index contributed by atoms with van der Waals surface area (Å²) < 4.78 is 0. The molecule has 0 aromatic rings. The third-order valence-corrected chi connectivity index (χ3v) is 3.96. The van der Waals surface area contributed by atoms with E-state index in [0.717, 1.165) is 31.0 Å². The average Bonchev–Trinajstić information content (AvgIpc) is 2.01. The zero-order valence-electron chi connectivity index (χ0n) is 8.36. The molecule has 0 radical (unpaired) electrons. The molecule has 1 unspecified atom stereocenters. The van der Waals surface area contributed by atoms with Crippen LogP contribution in [0.5, 0.6) is 0 Å². The predicted octanol–water partition coefficient (Wildman–Crippen LogP) is 0.734. The van der Waals surface area contributed by atoms with Gasteiger partial charge in [0.2, 0.25) is 5.91 Å². The van der Waals surface area contributed by atoms with Crippen LogP contribution in [0.4, 0.5) is 0 Å². The fourth-order valence-electron chi connectivity index (χ4n) is 1.75. The molecule has 2 aliphatic heterocycles. The molecule has 2 saturated heterocycles. The Bertz CT molecular complexity index is 211. The van der Waals surface area contributed by atoms with Crippen molar-refractivity contribution in [2.24, 2.45) is 0 Å². The highest BCUT2D eigenvalue weighted by Gasteiger charge is 2.32. The van der Waals surface area contributed by atoms with Crippen molar-refractivity contribution in [3.05, 3.63) is 0 Å². The summed E-state index contributed by atoms with van der Waals surface area (Å²) in [4.78, 5) is 13.9. The summed E-state index contributed by atoms with van der Waals surface area (Å²) in [5.74, 6) is 2.51. The van der Waals surface area contributed by atoms with E-state index in [2.05, 4.69) is 12.2 Å². The zero-order valence-corrected chi connectivity index (χ0v) is 10.00. The largest absolute Gasteiger partial charge is 0.337 e. The minimum atomic E-state index is 0. The lowest BCUT2D eigenvalue weighted by Gasteiger charge is -2.38. The lowest BCUT2D eigenvalue weighted by atomic mass is 10.1. The van der Waals surface area contributed by atoms with Crippen molar-refractivity contribution in [2.75, 3.05) is 24.6 Å². The molecule has 5 heteroatoms. The van der Waals surface area contributed by atoms with Crippen LogP contribution in [-0.2, 0) is 4.79 Å². The van der Waals surface area contributed by atoms with Crippen LogP contribution in [0, 0.1) is 0 Å². The molecule has 0 aliphatic carbocycles. The summed E-state index contributed by atoms with van der Waals surface area (Å²) in [5, 5.41) is 3.17. The summed E-state index contributed by atoms with van der Waals surface area (Å²) in [7, 11) is 0. The molecule has 0 bridgehead atoms. The van der Waals surface area contributed by atoms with Crippen molar-refractivity contribution in [2.45, 2.75) is 25.4 Å². The predicted molar refractivity (Wildman–Crippen MR) is 62.2 cm³/mol. The molecule has 2 aliphatic rings.